The minimum atomic E-state index is -0.423. The Bertz CT molecular complexity index is 416. The van der Waals surface area contributed by atoms with Crippen LogP contribution in [-0.4, -0.2) is 35.8 Å². The zero-order valence-electron chi connectivity index (χ0n) is 11.4. The van der Waals surface area contributed by atoms with Gasteiger partial charge in [0, 0.05) is 25.6 Å². The van der Waals surface area contributed by atoms with E-state index in [0.29, 0.717) is 25.0 Å². The maximum atomic E-state index is 13.6. The summed E-state index contributed by atoms with van der Waals surface area (Å²) in [4.78, 5) is 8.00. The molecule has 5 nitrogen and oxygen atoms in total. The summed E-state index contributed by atoms with van der Waals surface area (Å²) in [5.41, 5.74) is 0. The third-order valence-electron chi connectivity index (χ3n) is 3.36. The Labute approximate surface area is 113 Å². The summed E-state index contributed by atoms with van der Waals surface area (Å²) in [6, 6.07) is 0. The topological polar surface area (TPSA) is 59.1 Å². The largest absolute Gasteiger partial charge is 0.378 e. The summed E-state index contributed by atoms with van der Waals surface area (Å²) in [5, 5.41) is 6.04. The van der Waals surface area contributed by atoms with Crippen LogP contribution in [0.25, 0.3) is 0 Å². The van der Waals surface area contributed by atoms with Crippen LogP contribution in [0.5, 0.6) is 0 Å². The lowest BCUT2D eigenvalue weighted by Crippen LogP contribution is -2.23. The number of hydrogen-bond donors (Lipinski definition) is 2. The molecule has 1 fully saturated rings. The van der Waals surface area contributed by atoms with Crippen molar-refractivity contribution in [2.24, 2.45) is 5.92 Å². The number of rotatable bonds is 6. The van der Waals surface area contributed by atoms with Gasteiger partial charge in [0.1, 0.15) is 0 Å². The summed E-state index contributed by atoms with van der Waals surface area (Å²) in [6.45, 7) is 6.23. The van der Waals surface area contributed by atoms with Crippen molar-refractivity contribution in [1.82, 2.24) is 9.97 Å². The van der Waals surface area contributed by atoms with E-state index < -0.39 is 5.82 Å². The van der Waals surface area contributed by atoms with Crippen LogP contribution >= 0.6 is 0 Å². The van der Waals surface area contributed by atoms with Crippen LogP contribution in [0.2, 0.25) is 0 Å². The Balaban J connectivity index is 1.96. The third kappa shape index (κ3) is 3.53. The number of aromatic nitrogens is 2. The Kier molecular flexibility index (Phi) is 4.90. The van der Waals surface area contributed by atoms with Crippen LogP contribution < -0.4 is 10.6 Å². The van der Waals surface area contributed by atoms with Crippen LogP contribution in [0, 0.1) is 11.7 Å². The van der Waals surface area contributed by atoms with E-state index in [4.69, 9.17) is 4.74 Å². The zero-order valence-corrected chi connectivity index (χ0v) is 11.4. The highest BCUT2D eigenvalue weighted by Crippen LogP contribution is 2.24. The second-order valence-corrected chi connectivity index (χ2v) is 4.67. The van der Waals surface area contributed by atoms with Crippen molar-refractivity contribution in [1.29, 1.82) is 0 Å². The first-order valence-corrected chi connectivity index (χ1v) is 6.86. The number of halogens is 1. The second kappa shape index (κ2) is 6.65. The van der Waals surface area contributed by atoms with E-state index in [1.807, 2.05) is 6.92 Å². The summed E-state index contributed by atoms with van der Waals surface area (Å²) in [7, 11) is 0. The molecule has 2 heterocycles. The first-order valence-electron chi connectivity index (χ1n) is 6.86. The van der Waals surface area contributed by atoms with Crippen molar-refractivity contribution < 1.29 is 9.13 Å². The molecular weight excluding hydrogens is 247 g/mol. The molecule has 2 atom stereocenters. The lowest BCUT2D eigenvalue weighted by molar-refractivity contribution is 0.0900. The van der Waals surface area contributed by atoms with Crippen molar-refractivity contribution in [2.75, 3.05) is 30.3 Å². The van der Waals surface area contributed by atoms with Crippen molar-refractivity contribution in [3.63, 3.8) is 0 Å². The molecule has 1 aromatic rings. The van der Waals surface area contributed by atoms with Gasteiger partial charge >= 0.3 is 0 Å². The van der Waals surface area contributed by atoms with Gasteiger partial charge in [0.2, 0.25) is 5.95 Å². The standard InChI is InChI=1S/C13H21FN4O/c1-3-11-9(5-6-19-11)7-16-12-10(14)8-17-13(18-12)15-4-2/h8-9,11H,3-7H2,1-2H3,(H2,15,16,17,18). The van der Waals surface area contributed by atoms with Gasteiger partial charge in [-0.1, -0.05) is 6.92 Å². The molecular formula is C13H21FN4O. The molecule has 2 N–H and O–H groups in total. The monoisotopic (exact) mass is 268 g/mol. The quantitative estimate of drug-likeness (QED) is 0.829. The first-order chi connectivity index (χ1) is 9.24. The molecule has 0 bridgehead atoms. The van der Waals surface area contributed by atoms with Crippen LogP contribution in [0.4, 0.5) is 16.2 Å². The fourth-order valence-electron chi connectivity index (χ4n) is 2.34. The van der Waals surface area contributed by atoms with E-state index >= 15 is 0 Å². The Hall–Kier alpha value is -1.43. The molecule has 2 rings (SSSR count). The average Bonchev–Trinajstić information content (AvgIpc) is 2.87. The maximum Gasteiger partial charge on any atom is 0.224 e. The van der Waals surface area contributed by atoms with Crippen molar-refractivity contribution >= 4 is 11.8 Å². The Morgan fingerprint density at radius 2 is 2.26 bits per heavy atom. The molecule has 0 spiro atoms. The van der Waals surface area contributed by atoms with Gasteiger partial charge in [-0.25, -0.2) is 9.37 Å². The maximum absolute atomic E-state index is 13.6. The molecule has 0 amide bonds. The van der Waals surface area contributed by atoms with Crippen LogP contribution in [0.3, 0.4) is 0 Å². The van der Waals surface area contributed by atoms with Gasteiger partial charge in [0.25, 0.3) is 0 Å². The summed E-state index contributed by atoms with van der Waals surface area (Å²) >= 11 is 0. The summed E-state index contributed by atoms with van der Waals surface area (Å²) in [6.07, 6.45) is 3.46. The highest BCUT2D eigenvalue weighted by atomic mass is 19.1. The van der Waals surface area contributed by atoms with Gasteiger partial charge in [-0.3, -0.25) is 0 Å². The fraction of sp³-hybridized carbons (Fsp3) is 0.692. The molecule has 0 aliphatic carbocycles. The number of nitrogens with zero attached hydrogens (tertiary/aromatic N) is 2. The average molecular weight is 268 g/mol. The second-order valence-electron chi connectivity index (χ2n) is 4.67. The highest BCUT2D eigenvalue weighted by Gasteiger charge is 2.26. The number of nitrogens with one attached hydrogen (secondary N) is 2. The lowest BCUT2D eigenvalue weighted by Gasteiger charge is -2.17. The molecule has 1 aromatic heterocycles. The van der Waals surface area contributed by atoms with Gasteiger partial charge in [0.15, 0.2) is 11.6 Å². The van der Waals surface area contributed by atoms with Gasteiger partial charge in [-0.05, 0) is 19.8 Å². The summed E-state index contributed by atoms with van der Waals surface area (Å²) in [5.74, 6) is 0.699. The molecule has 0 aromatic carbocycles. The Morgan fingerprint density at radius 3 is 3.00 bits per heavy atom. The van der Waals surface area contributed by atoms with E-state index in [9.17, 15) is 4.39 Å². The zero-order chi connectivity index (χ0) is 13.7. The van der Waals surface area contributed by atoms with Crippen molar-refractivity contribution in [2.45, 2.75) is 32.8 Å². The van der Waals surface area contributed by atoms with E-state index in [1.54, 1.807) is 0 Å². The summed E-state index contributed by atoms with van der Waals surface area (Å²) < 4.78 is 19.2. The van der Waals surface area contributed by atoms with Crippen molar-refractivity contribution in [3.05, 3.63) is 12.0 Å². The molecule has 1 aliphatic rings. The van der Waals surface area contributed by atoms with Crippen LogP contribution in [0.15, 0.2) is 6.20 Å². The van der Waals surface area contributed by atoms with Crippen LogP contribution in [-0.2, 0) is 4.74 Å². The molecule has 2 unspecified atom stereocenters. The highest BCUT2D eigenvalue weighted by molar-refractivity contribution is 5.41. The number of ether oxygens (including phenoxy) is 1. The molecule has 0 radical (unpaired) electrons. The van der Waals surface area contributed by atoms with Gasteiger partial charge < -0.3 is 15.4 Å². The van der Waals surface area contributed by atoms with Crippen molar-refractivity contribution in [3.8, 4) is 0 Å². The Morgan fingerprint density at radius 1 is 1.42 bits per heavy atom. The predicted octanol–water partition coefficient (Wildman–Crippen LogP) is 2.27. The molecule has 19 heavy (non-hydrogen) atoms. The van der Waals surface area contributed by atoms with Gasteiger partial charge in [0.05, 0.1) is 12.3 Å². The van der Waals surface area contributed by atoms with Gasteiger partial charge in [-0.2, -0.15) is 4.98 Å². The minimum absolute atomic E-state index is 0.257. The third-order valence-corrected chi connectivity index (χ3v) is 3.36. The van der Waals surface area contributed by atoms with E-state index in [-0.39, 0.29) is 11.9 Å². The molecule has 1 saturated heterocycles. The lowest BCUT2D eigenvalue weighted by atomic mass is 10.00. The molecule has 1 aliphatic heterocycles. The predicted molar refractivity (Wildman–Crippen MR) is 72.8 cm³/mol. The van der Waals surface area contributed by atoms with E-state index in [0.717, 1.165) is 19.4 Å². The molecule has 0 saturated carbocycles. The first kappa shape index (κ1) is 14.0. The normalized spacial score (nSPS) is 22.5. The fourth-order valence-corrected chi connectivity index (χ4v) is 2.34. The number of anilines is 2. The van der Waals surface area contributed by atoms with E-state index in [1.165, 1.54) is 6.20 Å². The molecule has 106 valence electrons. The smallest absolute Gasteiger partial charge is 0.224 e. The van der Waals surface area contributed by atoms with E-state index in [2.05, 4.69) is 27.5 Å². The minimum Gasteiger partial charge on any atom is -0.378 e. The number of hydrogen-bond acceptors (Lipinski definition) is 5. The van der Waals surface area contributed by atoms with Crippen LogP contribution in [0.1, 0.15) is 26.7 Å². The SMILES string of the molecule is CCNc1ncc(F)c(NCC2CCOC2CC)n1. The molecule has 6 heteroatoms. The van der Waals surface area contributed by atoms with Gasteiger partial charge in [-0.15, -0.1) is 0 Å².